The molecule has 20 heavy (non-hydrogen) atoms. The number of methoxy groups -OCH3 is 1. The molecule has 0 fully saturated rings. The van der Waals surface area contributed by atoms with Crippen LogP contribution in [-0.2, 0) is 6.42 Å². The van der Waals surface area contributed by atoms with E-state index in [1.54, 1.807) is 19.2 Å². The topological polar surface area (TPSA) is 64.4 Å². The number of nitrogens with two attached hydrogens (primary N) is 1. The number of benzene rings is 1. The van der Waals surface area contributed by atoms with E-state index >= 15 is 0 Å². The van der Waals surface area contributed by atoms with Crippen LogP contribution in [0.5, 0.6) is 5.75 Å². The van der Waals surface area contributed by atoms with Crippen LogP contribution in [0.25, 0.3) is 0 Å². The molecule has 0 aliphatic carbocycles. The van der Waals surface area contributed by atoms with Gasteiger partial charge in [0.15, 0.2) is 0 Å². The fraction of sp³-hybridized carbons (Fsp3) is 0.267. The molecule has 2 aromatic rings. The molecule has 1 amide bonds. The monoisotopic (exact) mass is 290 g/mol. The SMILES string of the molecule is CCc1c(C)sc(N)c1C(=O)Nc1ccccc1OC. The minimum atomic E-state index is -0.187. The molecule has 5 heteroatoms. The molecule has 0 radical (unpaired) electrons. The van der Waals surface area contributed by atoms with E-state index < -0.39 is 0 Å². The standard InChI is InChI=1S/C15H18N2O2S/c1-4-10-9(2)20-14(16)13(10)15(18)17-11-7-5-6-8-12(11)19-3/h5-8H,4,16H2,1-3H3,(H,17,18). The zero-order valence-electron chi connectivity index (χ0n) is 11.8. The Morgan fingerprint density at radius 1 is 1.40 bits per heavy atom. The van der Waals surface area contributed by atoms with Crippen molar-refractivity contribution >= 4 is 27.9 Å². The zero-order valence-corrected chi connectivity index (χ0v) is 12.6. The molecule has 0 bridgehead atoms. The van der Waals surface area contributed by atoms with E-state index in [-0.39, 0.29) is 5.91 Å². The third-order valence-corrected chi connectivity index (χ3v) is 4.15. The normalized spacial score (nSPS) is 10.3. The van der Waals surface area contributed by atoms with Gasteiger partial charge in [-0.2, -0.15) is 0 Å². The Kier molecular flexibility index (Phi) is 4.29. The van der Waals surface area contributed by atoms with Gasteiger partial charge in [-0.15, -0.1) is 11.3 Å². The number of aryl methyl sites for hydroxylation is 1. The van der Waals surface area contributed by atoms with Crippen LogP contribution in [0.3, 0.4) is 0 Å². The number of carbonyl (C=O) groups excluding carboxylic acids is 1. The quantitative estimate of drug-likeness (QED) is 0.906. The lowest BCUT2D eigenvalue weighted by Gasteiger charge is -2.10. The Labute approximate surface area is 122 Å². The minimum Gasteiger partial charge on any atom is -0.495 e. The molecule has 106 valence electrons. The summed E-state index contributed by atoms with van der Waals surface area (Å²) in [6, 6.07) is 7.31. The number of rotatable bonds is 4. The van der Waals surface area contributed by atoms with Crippen LogP contribution in [0, 0.1) is 6.92 Å². The van der Waals surface area contributed by atoms with E-state index in [1.165, 1.54) is 11.3 Å². The van der Waals surface area contributed by atoms with Gasteiger partial charge in [0.05, 0.1) is 23.4 Å². The van der Waals surface area contributed by atoms with Gasteiger partial charge in [-0.05, 0) is 31.0 Å². The molecule has 1 heterocycles. The summed E-state index contributed by atoms with van der Waals surface area (Å²) in [5.74, 6) is 0.442. The summed E-state index contributed by atoms with van der Waals surface area (Å²) in [6.45, 7) is 4.01. The van der Waals surface area contributed by atoms with Crippen LogP contribution >= 0.6 is 11.3 Å². The summed E-state index contributed by atoms with van der Waals surface area (Å²) >= 11 is 1.45. The zero-order chi connectivity index (χ0) is 14.7. The maximum Gasteiger partial charge on any atom is 0.259 e. The summed E-state index contributed by atoms with van der Waals surface area (Å²) in [4.78, 5) is 13.5. The second-order valence-corrected chi connectivity index (χ2v) is 5.64. The number of nitrogen functional groups attached to an aromatic ring is 1. The molecule has 0 atom stereocenters. The molecule has 0 aliphatic rings. The Morgan fingerprint density at radius 3 is 2.75 bits per heavy atom. The van der Waals surface area contributed by atoms with Crippen molar-refractivity contribution < 1.29 is 9.53 Å². The third kappa shape index (κ3) is 2.63. The highest BCUT2D eigenvalue weighted by molar-refractivity contribution is 7.16. The molecule has 0 saturated carbocycles. The van der Waals surface area contributed by atoms with Gasteiger partial charge in [0.25, 0.3) is 5.91 Å². The first-order valence-corrected chi connectivity index (χ1v) is 7.22. The van der Waals surface area contributed by atoms with Crippen molar-refractivity contribution in [3.63, 3.8) is 0 Å². The number of carbonyl (C=O) groups is 1. The molecular formula is C15H18N2O2S. The highest BCUT2D eigenvalue weighted by Gasteiger charge is 2.20. The van der Waals surface area contributed by atoms with Crippen molar-refractivity contribution in [3.8, 4) is 5.75 Å². The predicted molar refractivity (Wildman–Crippen MR) is 83.8 cm³/mol. The van der Waals surface area contributed by atoms with Crippen LogP contribution in [0.2, 0.25) is 0 Å². The largest absolute Gasteiger partial charge is 0.495 e. The number of para-hydroxylation sites is 2. The highest BCUT2D eigenvalue weighted by Crippen LogP contribution is 2.32. The molecule has 1 aromatic carbocycles. The van der Waals surface area contributed by atoms with Gasteiger partial charge in [-0.25, -0.2) is 0 Å². The van der Waals surface area contributed by atoms with Crippen LogP contribution in [0.15, 0.2) is 24.3 Å². The molecule has 1 aromatic heterocycles. The van der Waals surface area contributed by atoms with Crippen molar-refractivity contribution in [2.45, 2.75) is 20.3 Å². The first-order valence-electron chi connectivity index (χ1n) is 6.40. The van der Waals surface area contributed by atoms with Gasteiger partial charge in [0.2, 0.25) is 0 Å². The van der Waals surface area contributed by atoms with E-state index in [2.05, 4.69) is 5.32 Å². The van der Waals surface area contributed by atoms with Crippen LogP contribution in [-0.4, -0.2) is 13.0 Å². The minimum absolute atomic E-state index is 0.187. The van der Waals surface area contributed by atoms with Crippen molar-refractivity contribution in [3.05, 3.63) is 40.3 Å². The summed E-state index contributed by atoms with van der Waals surface area (Å²) < 4.78 is 5.23. The highest BCUT2D eigenvalue weighted by atomic mass is 32.1. The van der Waals surface area contributed by atoms with Gasteiger partial charge in [0, 0.05) is 4.88 Å². The maximum atomic E-state index is 12.5. The lowest BCUT2D eigenvalue weighted by atomic mass is 10.1. The van der Waals surface area contributed by atoms with Gasteiger partial charge in [0.1, 0.15) is 5.75 Å². The van der Waals surface area contributed by atoms with Crippen molar-refractivity contribution in [2.75, 3.05) is 18.2 Å². The Hall–Kier alpha value is -2.01. The van der Waals surface area contributed by atoms with E-state index in [9.17, 15) is 4.79 Å². The second kappa shape index (κ2) is 5.96. The van der Waals surface area contributed by atoms with E-state index in [0.717, 1.165) is 16.9 Å². The fourth-order valence-electron chi connectivity index (χ4n) is 2.21. The summed E-state index contributed by atoms with van der Waals surface area (Å²) in [5.41, 5.74) is 8.21. The van der Waals surface area contributed by atoms with Gasteiger partial charge >= 0.3 is 0 Å². The molecule has 0 aliphatic heterocycles. The number of ether oxygens (including phenoxy) is 1. The maximum absolute atomic E-state index is 12.5. The smallest absolute Gasteiger partial charge is 0.259 e. The van der Waals surface area contributed by atoms with Gasteiger partial charge < -0.3 is 15.8 Å². The Balaban J connectivity index is 2.33. The molecular weight excluding hydrogens is 272 g/mol. The molecule has 4 nitrogen and oxygen atoms in total. The predicted octanol–water partition coefficient (Wildman–Crippen LogP) is 3.46. The number of hydrogen-bond acceptors (Lipinski definition) is 4. The second-order valence-electron chi connectivity index (χ2n) is 4.38. The average molecular weight is 290 g/mol. The molecule has 0 saturated heterocycles. The molecule has 0 unspecified atom stereocenters. The fourth-order valence-corrected chi connectivity index (χ4v) is 3.23. The Bertz CT molecular complexity index is 635. The van der Waals surface area contributed by atoms with E-state index in [1.807, 2.05) is 26.0 Å². The molecule has 0 spiro atoms. The molecule has 2 rings (SSSR count). The van der Waals surface area contributed by atoms with Gasteiger partial charge in [-0.1, -0.05) is 19.1 Å². The van der Waals surface area contributed by atoms with E-state index in [4.69, 9.17) is 10.5 Å². The van der Waals surface area contributed by atoms with Crippen LogP contribution < -0.4 is 15.8 Å². The number of anilines is 2. The lowest BCUT2D eigenvalue weighted by Crippen LogP contribution is -2.15. The average Bonchev–Trinajstić information content (AvgIpc) is 2.73. The van der Waals surface area contributed by atoms with E-state index in [0.29, 0.717) is 22.0 Å². The van der Waals surface area contributed by atoms with Crippen molar-refractivity contribution in [1.29, 1.82) is 0 Å². The van der Waals surface area contributed by atoms with Crippen molar-refractivity contribution in [2.24, 2.45) is 0 Å². The molecule has 3 N–H and O–H groups in total. The number of hydrogen-bond donors (Lipinski definition) is 2. The lowest BCUT2D eigenvalue weighted by molar-refractivity contribution is 0.102. The summed E-state index contributed by atoms with van der Waals surface area (Å²) in [7, 11) is 1.57. The number of nitrogens with one attached hydrogen (secondary N) is 1. The summed E-state index contributed by atoms with van der Waals surface area (Å²) in [6.07, 6.45) is 0.786. The number of amides is 1. The van der Waals surface area contributed by atoms with Gasteiger partial charge in [-0.3, -0.25) is 4.79 Å². The van der Waals surface area contributed by atoms with Crippen LogP contribution in [0.4, 0.5) is 10.7 Å². The first kappa shape index (κ1) is 14.4. The van der Waals surface area contributed by atoms with Crippen molar-refractivity contribution in [1.82, 2.24) is 0 Å². The Morgan fingerprint density at radius 2 is 2.10 bits per heavy atom. The summed E-state index contributed by atoms with van der Waals surface area (Å²) in [5, 5.41) is 3.43. The van der Waals surface area contributed by atoms with Crippen LogP contribution in [0.1, 0.15) is 27.7 Å². The third-order valence-electron chi connectivity index (χ3n) is 3.17. The number of thiophene rings is 1. The first-order chi connectivity index (χ1) is 9.58.